The minimum atomic E-state index is 0.211. The Balaban J connectivity index is 1.44. The van der Waals surface area contributed by atoms with E-state index in [4.69, 9.17) is 12.2 Å². The summed E-state index contributed by atoms with van der Waals surface area (Å²) in [5, 5.41) is 7.21. The van der Waals surface area contributed by atoms with Crippen LogP contribution in [0.25, 0.3) is 0 Å². The Bertz CT molecular complexity index is 678. The smallest absolute Gasteiger partial charge is 0.227 e. The first-order valence-corrected chi connectivity index (χ1v) is 10.6. The zero-order valence-corrected chi connectivity index (χ0v) is 17.4. The van der Waals surface area contributed by atoms with E-state index >= 15 is 0 Å². The summed E-state index contributed by atoms with van der Waals surface area (Å²) in [6, 6.07) is 6.09. The van der Waals surface area contributed by atoms with Crippen LogP contribution >= 0.6 is 12.2 Å². The Morgan fingerprint density at radius 2 is 2.15 bits per heavy atom. The Morgan fingerprint density at radius 1 is 1.30 bits per heavy atom. The molecule has 1 aromatic rings. The van der Waals surface area contributed by atoms with Gasteiger partial charge in [0, 0.05) is 37.4 Å². The molecule has 1 aromatic carbocycles. The summed E-state index contributed by atoms with van der Waals surface area (Å²) in [7, 11) is 0. The van der Waals surface area contributed by atoms with Gasteiger partial charge < -0.3 is 20.4 Å². The average molecular weight is 389 g/mol. The molecule has 3 rings (SSSR count). The van der Waals surface area contributed by atoms with Gasteiger partial charge in [-0.2, -0.15) is 0 Å². The van der Waals surface area contributed by atoms with Crippen LogP contribution in [0.4, 0.5) is 11.4 Å². The third kappa shape index (κ3) is 5.66. The van der Waals surface area contributed by atoms with Crippen LogP contribution in [0.2, 0.25) is 0 Å². The third-order valence-electron chi connectivity index (χ3n) is 5.51. The second-order valence-corrected chi connectivity index (χ2v) is 8.34. The Kier molecular flexibility index (Phi) is 7.07. The number of rotatable bonds is 6. The minimum absolute atomic E-state index is 0.211. The topological polar surface area (TPSA) is 47.6 Å². The number of hydrogen-bond acceptors (Lipinski definition) is 3. The molecule has 0 aliphatic carbocycles. The number of amides is 1. The summed E-state index contributed by atoms with van der Waals surface area (Å²) < 4.78 is 0. The number of anilines is 2. The van der Waals surface area contributed by atoms with E-state index in [0.29, 0.717) is 11.5 Å². The maximum atomic E-state index is 12.0. The predicted octanol–water partition coefficient (Wildman–Crippen LogP) is 3.53. The van der Waals surface area contributed by atoms with Crippen LogP contribution in [0.5, 0.6) is 0 Å². The summed E-state index contributed by atoms with van der Waals surface area (Å²) >= 11 is 5.44. The number of aryl methyl sites for hydroxylation is 1. The molecule has 0 radical (unpaired) electrons. The fraction of sp³-hybridized carbons (Fsp3) is 0.619. The molecular formula is C21H32N4OS. The van der Waals surface area contributed by atoms with Crippen LogP contribution in [0.1, 0.15) is 44.6 Å². The number of nitrogens with one attached hydrogen (secondary N) is 2. The van der Waals surface area contributed by atoms with Gasteiger partial charge in [-0.25, -0.2) is 0 Å². The molecule has 5 nitrogen and oxygen atoms in total. The van der Waals surface area contributed by atoms with Crippen molar-refractivity contribution < 1.29 is 4.79 Å². The van der Waals surface area contributed by atoms with Crippen molar-refractivity contribution in [2.24, 2.45) is 5.92 Å². The first-order valence-electron chi connectivity index (χ1n) is 10.2. The van der Waals surface area contributed by atoms with E-state index in [2.05, 4.69) is 22.5 Å². The van der Waals surface area contributed by atoms with Crippen molar-refractivity contribution in [3.05, 3.63) is 23.8 Å². The quantitative estimate of drug-likeness (QED) is 0.577. The van der Waals surface area contributed by atoms with Crippen LogP contribution in [0.15, 0.2) is 18.2 Å². The molecule has 0 aromatic heterocycles. The predicted molar refractivity (Wildman–Crippen MR) is 116 cm³/mol. The second-order valence-electron chi connectivity index (χ2n) is 7.93. The molecule has 0 spiro atoms. The fourth-order valence-electron chi connectivity index (χ4n) is 4.05. The molecule has 1 atom stereocenters. The Morgan fingerprint density at radius 3 is 2.89 bits per heavy atom. The number of carbonyl (C=O) groups excluding carboxylic acids is 1. The number of likely N-dealkylation sites (tertiary alicyclic amines) is 1. The van der Waals surface area contributed by atoms with Gasteiger partial charge in [-0.3, -0.25) is 4.79 Å². The van der Waals surface area contributed by atoms with Gasteiger partial charge in [0.05, 0.1) is 0 Å². The molecule has 0 bridgehead atoms. The maximum absolute atomic E-state index is 12.0. The third-order valence-corrected chi connectivity index (χ3v) is 5.76. The van der Waals surface area contributed by atoms with Gasteiger partial charge in [0.25, 0.3) is 0 Å². The average Bonchev–Trinajstić information content (AvgIpc) is 3.06. The molecule has 0 unspecified atom stereocenters. The largest absolute Gasteiger partial charge is 0.362 e. The van der Waals surface area contributed by atoms with E-state index in [1.165, 1.54) is 25.9 Å². The van der Waals surface area contributed by atoms with Gasteiger partial charge in [-0.05, 0) is 81.5 Å². The molecule has 2 heterocycles. The van der Waals surface area contributed by atoms with Crippen LogP contribution < -0.4 is 15.5 Å². The number of carbonyl (C=O) groups is 1. The zero-order valence-electron chi connectivity index (χ0n) is 16.6. The van der Waals surface area contributed by atoms with Crippen LogP contribution in [0.3, 0.4) is 0 Å². The zero-order chi connectivity index (χ0) is 19.2. The molecule has 2 aliphatic rings. The van der Waals surface area contributed by atoms with Crippen molar-refractivity contribution in [3.8, 4) is 0 Å². The second kappa shape index (κ2) is 9.51. The van der Waals surface area contributed by atoms with E-state index in [-0.39, 0.29) is 5.91 Å². The highest BCUT2D eigenvalue weighted by Crippen LogP contribution is 2.28. The highest BCUT2D eigenvalue weighted by atomic mass is 32.1. The first kappa shape index (κ1) is 20.1. The van der Waals surface area contributed by atoms with Crippen molar-refractivity contribution in [1.29, 1.82) is 0 Å². The first-order chi connectivity index (χ1) is 13.0. The maximum Gasteiger partial charge on any atom is 0.227 e. The summed E-state index contributed by atoms with van der Waals surface area (Å²) in [6.07, 6.45) is 5.36. The summed E-state index contributed by atoms with van der Waals surface area (Å²) in [6.45, 7) is 9.66. The standard InChI is InChI=1S/C21H32N4OS/c1-16-6-3-11-24(15-16)12-5-10-22-21(27)23-18-9-8-17(2)19(14-18)25-13-4-7-20(25)26/h8-9,14,16H,3-7,10-13,15H2,1-2H3,(H2,22,23,27)/t16-/m0/s1. The lowest BCUT2D eigenvalue weighted by Crippen LogP contribution is -2.37. The number of benzene rings is 1. The Labute approximate surface area is 168 Å². The van der Waals surface area contributed by atoms with Crippen LogP contribution in [-0.2, 0) is 4.79 Å². The Hall–Kier alpha value is -1.66. The van der Waals surface area contributed by atoms with Crippen molar-refractivity contribution >= 4 is 34.6 Å². The van der Waals surface area contributed by atoms with E-state index < -0.39 is 0 Å². The van der Waals surface area contributed by atoms with Crippen molar-refractivity contribution in [2.45, 2.75) is 46.0 Å². The van der Waals surface area contributed by atoms with Gasteiger partial charge in [-0.15, -0.1) is 0 Å². The number of piperidine rings is 1. The van der Waals surface area contributed by atoms with E-state index in [1.807, 2.05) is 30.0 Å². The lowest BCUT2D eigenvalue weighted by molar-refractivity contribution is -0.117. The molecule has 6 heteroatoms. The molecule has 2 N–H and O–H groups in total. The number of hydrogen-bond donors (Lipinski definition) is 2. The molecule has 2 fully saturated rings. The molecular weight excluding hydrogens is 356 g/mol. The molecule has 27 heavy (non-hydrogen) atoms. The van der Waals surface area contributed by atoms with E-state index in [1.54, 1.807) is 0 Å². The van der Waals surface area contributed by atoms with Crippen molar-refractivity contribution in [3.63, 3.8) is 0 Å². The molecule has 2 aliphatic heterocycles. The lowest BCUT2D eigenvalue weighted by Gasteiger charge is -2.30. The van der Waals surface area contributed by atoms with Crippen LogP contribution in [0, 0.1) is 12.8 Å². The minimum Gasteiger partial charge on any atom is -0.362 e. The highest BCUT2D eigenvalue weighted by Gasteiger charge is 2.23. The normalized spacial score (nSPS) is 20.7. The summed E-state index contributed by atoms with van der Waals surface area (Å²) in [5.74, 6) is 1.04. The molecule has 0 saturated carbocycles. The number of nitrogens with zero attached hydrogens (tertiary/aromatic N) is 2. The van der Waals surface area contributed by atoms with Crippen LogP contribution in [-0.4, -0.2) is 48.6 Å². The SMILES string of the molecule is Cc1ccc(NC(=S)NCCCN2CCC[C@H](C)C2)cc1N1CCCC1=O. The van der Waals surface area contributed by atoms with E-state index in [9.17, 15) is 4.79 Å². The number of thiocarbonyl (C=S) groups is 1. The van der Waals surface area contributed by atoms with E-state index in [0.717, 1.165) is 55.3 Å². The van der Waals surface area contributed by atoms with Gasteiger partial charge in [0.15, 0.2) is 5.11 Å². The van der Waals surface area contributed by atoms with Gasteiger partial charge >= 0.3 is 0 Å². The molecule has 2 saturated heterocycles. The molecule has 1 amide bonds. The van der Waals surface area contributed by atoms with Gasteiger partial charge in [-0.1, -0.05) is 13.0 Å². The van der Waals surface area contributed by atoms with Gasteiger partial charge in [0.2, 0.25) is 5.91 Å². The lowest BCUT2D eigenvalue weighted by atomic mass is 10.0. The summed E-state index contributed by atoms with van der Waals surface area (Å²) in [4.78, 5) is 16.5. The highest BCUT2D eigenvalue weighted by molar-refractivity contribution is 7.80. The van der Waals surface area contributed by atoms with Crippen molar-refractivity contribution in [1.82, 2.24) is 10.2 Å². The summed E-state index contributed by atoms with van der Waals surface area (Å²) in [5.41, 5.74) is 3.03. The molecule has 148 valence electrons. The van der Waals surface area contributed by atoms with Gasteiger partial charge in [0.1, 0.15) is 0 Å². The monoisotopic (exact) mass is 388 g/mol. The van der Waals surface area contributed by atoms with Crippen molar-refractivity contribution in [2.75, 3.05) is 42.9 Å². The fourth-order valence-corrected chi connectivity index (χ4v) is 4.27.